The Morgan fingerprint density at radius 2 is 0.861 bits per heavy atom. The second-order valence-corrected chi connectivity index (χ2v) is 16.0. The van der Waals surface area contributed by atoms with Crippen molar-refractivity contribution in [3.63, 3.8) is 0 Å². The van der Waals surface area contributed by atoms with Crippen LogP contribution < -0.4 is 52.8 Å². The Morgan fingerprint density at radius 3 is 1.22 bits per heavy atom. The average Bonchev–Trinajstić information content (AvgIpc) is 2.90. The van der Waals surface area contributed by atoms with E-state index < -0.39 is 8.07 Å². The smallest absolute Gasteiger partial charge is 1.00 e. The molecule has 0 heterocycles. The molecule has 0 bridgehead atoms. The monoisotopic (exact) mass is 588 g/mol. The second-order valence-electron chi connectivity index (χ2n) is 10.1. The molecule has 1 aliphatic carbocycles. The summed E-state index contributed by atoms with van der Waals surface area (Å²) in [6.07, 6.45) is 0. The zero-order valence-corrected chi connectivity index (χ0v) is 27.3. The van der Waals surface area contributed by atoms with Crippen LogP contribution in [0.2, 0.25) is 3.34 Å². The van der Waals surface area contributed by atoms with Gasteiger partial charge in [0, 0.05) is 0 Å². The average molecular weight is 590 g/mol. The van der Waals surface area contributed by atoms with Crippen LogP contribution in [0.4, 0.5) is 0 Å². The number of halogens is 3. The molecule has 0 saturated carbocycles. The van der Waals surface area contributed by atoms with Crippen LogP contribution in [0.15, 0.2) is 89.0 Å². The first-order valence-electron chi connectivity index (χ1n) is 11.9. The van der Waals surface area contributed by atoms with Gasteiger partial charge in [-0.15, -0.1) is 0 Å². The normalized spacial score (nSPS) is 14.7. The van der Waals surface area contributed by atoms with E-state index >= 15 is 0 Å². The van der Waals surface area contributed by atoms with E-state index in [0.29, 0.717) is 0 Å². The van der Waals surface area contributed by atoms with Crippen molar-refractivity contribution in [3.8, 4) is 0 Å². The maximum Gasteiger partial charge on any atom is -1.00 e. The Morgan fingerprint density at radius 1 is 0.500 bits per heavy atom. The summed E-state index contributed by atoms with van der Waals surface area (Å²) in [6, 6.07) is 26.1. The Bertz CT molecular complexity index is 1230. The fraction of sp³-hybridized carbons (Fsp3) is 0.290. The van der Waals surface area contributed by atoms with Crippen molar-refractivity contribution in [1.82, 2.24) is 0 Å². The third kappa shape index (κ3) is 5.01. The summed E-state index contributed by atoms with van der Waals surface area (Å²) in [7, 11) is -2.57. The van der Waals surface area contributed by atoms with E-state index in [1.165, 1.54) is 60.1 Å². The molecule has 0 nitrogen and oxygen atoms in total. The van der Waals surface area contributed by atoms with Gasteiger partial charge in [-0.2, -0.15) is 0 Å². The van der Waals surface area contributed by atoms with Gasteiger partial charge in [0.15, 0.2) is 0 Å². The van der Waals surface area contributed by atoms with Crippen LogP contribution in [0.25, 0.3) is 0 Å². The number of hydrogen-bond donors (Lipinski definition) is 0. The van der Waals surface area contributed by atoms with Gasteiger partial charge in [0.05, 0.1) is 0 Å². The van der Waals surface area contributed by atoms with Crippen LogP contribution in [0.1, 0.15) is 49.9 Å². The van der Waals surface area contributed by atoms with Crippen LogP contribution in [0.3, 0.4) is 0 Å². The van der Waals surface area contributed by atoms with E-state index in [2.05, 4.69) is 143 Å². The van der Waals surface area contributed by atoms with Gasteiger partial charge in [-0.1, -0.05) is 0 Å². The zero-order valence-electron chi connectivity index (χ0n) is 22.5. The van der Waals surface area contributed by atoms with E-state index in [0.717, 1.165) is 0 Å². The van der Waals surface area contributed by atoms with Crippen LogP contribution >= 0.6 is 0 Å². The van der Waals surface area contributed by atoms with Gasteiger partial charge in [0.2, 0.25) is 0 Å². The van der Waals surface area contributed by atoms with Crippen molar-refractivity contribution in [2.75, 3.05) is 0 Å². The molecule has 0 N–H and O–H groups in total. The van der Waals surface area contributed by atoms with E-state index in [1.807, 2.05) is 0 Å². The summed E-state index contributed by atoms with van der Waals surface area (Å²) in [4.78, 5) is 0. The first-order valence-corrected chi connectivity index (χ1v) is 14.7. The summed E-state index contributed by atoms with van der Waals surface area (Å²) < 4.78 is -0.0526. The summed E-state index contributed by atoms with van der Waals surface area (Å²) in [5.41, 5.74) is 11.4. The summed E-state index contributed by atoms with van der Waals surface area (Å²) in [5.74, 6) is 0. The molecule has 0 spiro atoms. The molecule has 0 fully saturated rings. The molecule has 3 aromatic rings. The van der Waals surface area contributed by atoms with Gasteiger partial charge < -0.3 is 37.2 Å². The number of allylic oxidation sites excluding steroid dienone is 4. The molecule has 0 saturated heterocycles. The second kappa shape index (κ2) is 12.2. The van der Waals surface area contributed by atoms with Gasteiger partial charge in [0.1, 0.15) is 0 Å². The predicted molar refractivity (Wildman–Crippen MR) is 142 cm³/mol. The molecular weight excluding hydrogens is 555 g/mol. The Labute approximate surface area is 249 Å². The molecule has 0 radical (unpaired) electrons. The topological polar surface area (TPSA) is 0 Å². The van der Waals surface area contributed by atoms with Gasteiger partial charge in [-0.3, -0.25) is 0 Å². The van der Waals surface area contributed by atoms with Crippen molar-refractivity contribution in [2.45, 2.75) is 58.7 Å². The van der Waals surface area contributed by atoms with E-state index in [1.54, 1.807) is 0 Å². The quantitative estimate of drug-likeness (QED) is 0.230. The van der Waals surface area contributed by atoms with Crippen LogP contribution in [-0.4, -0.2) is 8.07 Å². The number of aryl methyl sites for hydroxylation is 4. The third-order valence-corrected chi connectivity index (χ3v) is 16.2. The third-order valence-electron chi connectivity index (χ3n) is 7.93. The molecule has 3 aromatic carbocycles. The maximum absolute atomic E-state index is 2.57. The van der Waals surface area contributed by atoms with Crippen molar-refractivity contribution in [2.24, 2.45) is 0 Å². The van der Waals surface area contributed by atoms with Crippen molar-refractivity contribution in [1.29, 1.82) is 0 Å². The standard InChI is InChI=1S/C31H35Si.3ClH.Ti/c1-20-11-9-13-28(16-20)32(29-14-10-12-21(2)17-29,30-18-22(3)15-23(4)19-30)31-26(7)24(5)25(6)27(31)8;;;;/h9-19H,1-8H3;3*1H;/q;;;;+3/p-3. The molecule has 0 unspecified atom stereocenters. The predicted octanol–water partition coefficient (Wildman–Crippen LogP) is -2.67. The molecule has 4 rings (SSSR count). The number of rotatable bonds is 4. The first-order chi connectivity index (χ1) is 15.5. The minimum Gasteiger partial charge on any atom is -1.00 e. The minimum absolute atomic E-state index is 0. The van der Waals surface area contributed by atoms with Crippen LogP contribution in [0, 0.1) is 27.7 Å². The van der Waals surface area contributed by atoms with Gasteiger partial charge in [-0.05, 0) is 0 Å². The van der Waals surface area contributed by atoms with Crippen molar-refractivity contribution >= 4 is 23.6 Å². The van der Waals surface area contributed by atoms with E-state index in [-0.39, 0.29) is 40.6 Å². The Balaban J connectivity index is 0.00000216. The number of hydrogen-bond acceptors (Lipinski definition) is 0. The van der Waals surface area contributed by atoms with Gasteiger partial charge in [-0.25, -0.2) is 0 Å². The Hall–Kier alpha value is -1.06. The number of benzene rings is 3. The van der Waals surface area contributed by atoms with Crippen LogP contribution in [-0.2, 0) is 20.4 Å². The van der Waals surface area contributed by atoms with E-state index in [9.17, 15) is 0 Å². The van der Waals surface area contributed by atoms with Gasteiger partial charge in [0.25, 0.3) is 0 Å². The van der Waals surface area contributed by atoms with Crippen LogP contribution in [0.5, 0.6) is 0 Å². The molecule has 188 valence electrons. The first kappa shape index (κ1) is 33.0. The summed E-state index contributed by atoms with van der Waals surface area (Å²) in [6.45, 7) is 18.4. The molecule has 0 aromatic heterocycles. The summed E-state index contributed by atoms with van der Waals surface area (Å²) >= 11 is 2.55. The fourth-order valence-corrected chi connectivity index (χ4v) is 14.9. The fourth-order valence-electron chi connectivity index (χ4n) is 6.07. The Kier molecular flexibility index (Phi) is 11.2. The molecule has 0 atom stereocenters. The molecule has 1 aliphatic rings. The molecular formula is C31H35Cl3SiTi. The molecule has 0 aliphatic heterocycles. The summed E-state index contributed by atoms with van der Waals surface area (Å²) in [5, 5.41) is 4.52. The minimum atomic E-state index is -2.57. The zero-order chi connectivity index (χ0) is 24.1. The molecule has 0 amide bonds. The molecule has 5 heteroatoms. The van der Waals surface area contributed by atoms with E-state index in [4.69, 9.17) is 0 Å². The molecule has 36 heavy (non-hydrogen) atoms. The van der Waals surface area contributed by atoms with Gasteiger partial charge >= 0.3 is 214 Å². The van der Waals surface area contributed by atoms with Crippen molar-refractivity contribution < 1.29 is 57.7 Å². The largest absolute Gasteiger partial charge is 1.00 e. The van der Waals surface area contributed by atoms with Crippen molar-refractivity contribution in [3.05, 3.63) is 111 Å². The maximum atomic E-state index is 2.55. The SMILES string of the molecule is CC1=C(C)[C]([Ti+3])([Si](c2cccc(C)c2)(c2cccc(C)c2)c2cc(C)cc(C)c2)C(C)=C1C.[Cl-].[Cl-].[Cl-].